The molecule has 1 saturated heterocycles. The van der Waals surface area contributed by atoms with E-state index in [2.05, 4.69) is 25.0 Å². The number of nitrogens with zero attached hydrogens (tertiary/aromatic N) is 5. The number of hydrogen-bond donors (Lipinski definition) is 2. The molecule has 6 bridgehead atoms. The number of H-pyrrole nitrogens is 2. The SMILES string of the molecule is O=c1[nH]c2cc(-c3ncccn3)cc3c2nc1-c1cccc2c(=O)n([nH]c12)CCN1CC[C@@H](C1)O3. The zero-order chi connectivity index (χ0) is 23.5. The first kappa shape index (κ1) is 20.1. The van der Waals surface area contributed by atoms with E-state index in [1.165, 1.54) is 0 Å². The molecule has 0 amide bonds. The van der Waals surface area contributed by atoms with E-state index in [4.69, 9.17) is 9.72 Å². The van der Waals surface area contributed by atoms with Gasteiger partial charge < -0.3 is 9.72 Å². The third kappa shape index (κ3) is 3.25. The first-order valence-corrected chi connectivity index (χ1v) is 11.6. The zero-order valence-electron chi connectivity index (χ0n) is 18.7. The van der Waals surface area contributed by atoms with Gasteiger partial charge in [-0.1, -0.05) is 12.1 Å². The Hall–Kier alpha value is -4.31. The molecule has 0 spiro atoms. The summed E-state index contributed by atoms with van der Waals surface area (Å²) >= 11 is 0. The molecule has 2 aromatic carbocycles. The van der Waals surface area contributed by atoms with Crippen LogP contribution in [0.4, 0.5) is 0 Å². The summed E-state index contributed by atoms with van der Waals surface area (Å²) in [6.45, 7) is 2.86. The van der Waals surface area contributed by atoms with Crippen LogP contribution in [0.25, 0.3) is 44.6 Å². The van der Waals surface area contributed by atoms with Gasteiger partial charge in [-0.05, 0) is 30.7 Å². The van der Waals surface area contributed by atoms with Crippen molar-refractivity contribution < 1.29 is 4.74 Å². The number of benzene rings is 2. The Kier molecular flexibility index (Phi) is 4.37. The van der Waals surface area contributed by atoms with Crippen molar-refractivity contribution in [2.75, 3.05) is 19.6 Å². The molecule has 10 nitrogen and oxygen atoms in total. The Balaban J connectivity index is 1.52. The van der Waals surface area contributed by atoms with Crippen LogP contribution in [0.5, 0.6) is 5.75 Å². The van der Waals surface area contributed by atoms with Crippen molar-refractivity contribution in [2.45, 2.75) is 19.1 Å². The molecule has 0 aliphatic carbocycles. The van der Waals surface area contributed by atoms with E-state index in [-0.39, 0.29) is 22.9 Å². The molecule has 3 aromatic heterocycles. The van der Waals surface area contributed by atoms with Crippen LogP contribution in [-0.4, -0.2) is 60.4 Å². The largest absolute Gasteiger partial charge is 0.487 e. The predicted octanol–water partition coefficient (Wildman–Crippen LogP) is 2.16. The quantitative estimate of drug-likeness (QED) is 0.387. The van der Waals surface area contributed by atoms with Crippen LogP contribution in [0.2, 0.25) is 0 Å². The first-order chi connectivity index (χ1) is 17.1. The van der Waals surface area contributed by atoms with Gasteiger partial charge >= 0.3 is 0 Å². The lowest BCUT2D eigenvalue weighted by Gasteiger charge is -2.18. The summed E-state index contributed by atoms with van der Waals surface area (Å²) in [5.41, 5.74) is 2.77. The summed E-state index contributed by atoms with van der Waals surface area (Å²) in [7, 11) is 0. The Morgan fingerprint density at radius 3 is 2.80 bits per heavy atom. The van der Waals surface area contributed by atoms with Gasteiger partial charge in [0.25, 0.3) is 11.1 Å². The van der Waals surface area contributed by atoms with Crippen LogP contribution in [-0.2, 0) is 6.54 Å². The summed E-state index contributed by atoms with van der Waals surface area (Å²) < 4.78 is 8.10. The molecule has 10 heteroatoms. The summed E-state index contributed by atoms with van der Waals surface area (Å²) in [6, 6.07) is 10.8. The number of nitrogens with one attached hydrogen (secondary N) is 2. The number of ether oxygens (including phenoxy) is 1. The highest BCUT2D eigenvalue weighted by atomic mass is 16.5. The number of aromatic amines is 2. The van der Waals surface area contributed by atoms with Crippen molar-refractivity contribution in [3.8, 4) is 28.4 Å². The maximum atomic E-state index is 13.3. The molecule has 2 aliphatic rings. The fourth-order valence-electron chi connectivity index (χ4n) is 5.07. The normalized spacial score (nSPS) is 19.3. The maximum absolute atomic E-state index is 13.3. The van der Waals surface area contributed by atoms with Gasteiger partial charge in [0.15, 0.2) is 5.82 Å². The molecule has 7 rings (SSSR count). The van der Waals surface area contributed by atoms with Crippen LogP contribution >= 0.6 is 0 Å². The lowest BCUT2D eigenvalue weighted by Crippen LogP contribution is -2.30. The minimum atomic E-state index is -0.352. The molecule has 5 aromatic rings. The van der Waals surface area contributed by atoms with Crippen LogP contribution in [0.15, 0.2) is 58.4 Å². The van der Waals surface area contributed by atoms with E-state index >= 15 is 0 Å². The molecule has 1 unspecified atom stereocenters. The average Bonchev–Trinajstić information content (AvgIpc) is 3.46. The standard InChI is InChI=1S/C25H21N7O3/c33-24-21-16-3-1-4-17-20(16)30-32(25(17)34)10-9-31-8-5-15(13-31)35-19-12-14(23-26-6-2-7-27-23)11-18(28-24)22(19)29-21/h1-4,6-7,11-12,15,30H,5,8-10,13H2,(H,28,33)/t15-/m0/s1. The highest BCUT2D eigenvalue weighted by molar-refractivity contribution is 5.94. The third-order valence-corrected chi connectivity index (χ3v) is 6.79. The molecule has 2 aliphatic heterocycles. The van der Waals surface area contributed by atoms with Crippen molar-refractivity contribution >= 4 is 21.9 Å². The highest BCUT2D eigenvalue weighted by Crippen LogP contribution is 2.32. The second-order valence-corrected chi connectivity index (χ2v) is 8.98. The molecular formula is C25H21N7O3. The summed E-state index contributed by atoms with van der Waals surface area (Å²) in [6.07, 6.45) is 4.17. The van der Waals surface area contributed by atoms with Crippen molar-refractivity contribution in [3.05, 3.63) is 69.5 Å². The minimum Gasteiger partial charge on any atom is -0.487 e. The highest BCUT2D eigenvalue weighted by Gasteiger charge is 2.26. The van der Waals surface area contributed by atoms with Crippen LogP contribution in [0.1, 0.15) is 6.42 Å². The second-order valence-electron chi connectivity index (χ2n) is 8.98. The average molecular weight is 467 g/mol. The van der Waals surface area contributed by atoms with Gasteiger partial charge in [-0.2, -0.15) is 0 Å². The van der Waals surface area contributed by atoms with E-state index in [0.29, 0.717) is 45.6 Å². The minimum absolute atomic E-state index is 0.0379. The fraction of sp³-hybridized carbons (Fsp3) is 0.240. The lowest BCUT2D eigenvalue weighted by molar-refractivity contribution is 0.199. The molecule has 1 fully saturated rings. The Morgan fingerprint density at radius 1 is 1.03 bits per heavy atom. The smallest absolute Gasteiger partial charge is 0.275 e. The van der Waals surface area contributed by atoms with Crippen LogP contribution in [0.3, 0.4) is 0 Å². The number of aromatic nitrogens is 6. The van der Waals surface area contributed by atoms with Gasteiger partial charge in [0.05, 0.1) is 23.0 Å². The monoisotopic (exact) mass is 467 g/mol. The van der Waals surface area contributed by atoms with Crippen molar-refractivity contribution in [1.29, 1.82) is 0 Å². The van der Waals surface area contributed by atoms with Crippen molar-refractivity contribution in [1.82, 2.24) is 34.6 Å². The van der Waals surface area contributed by atoms with Crippen molar-refractivity contribution in [3.63, 3.8) is 0 Å². The third-order valence-electron chi connectivity index (χ3n) is 6.79. The van der Waals surface area contributed by atoms with Crippen LogP contribution < -0.4 is 15.9 Å². The van der Waals surface area contributed by atoms with Gasteiger partial charge in [-0.15, -0.1) is 0 Å². The molecule has 2 N–H and O–H groups in total. The van der Waals surface area contributed by atoms with Crippen LogP contribution in [0, 0.1) is 0 Å². The Morgan fingerprint density at radius 2 is 1.91 bits per heavy atom. The van der Waals surface area contributed by atoms with E-state index in [1.807, 2.05) is 12.1 Å². The number of hydrogen-bond acceptors (Lipinski definition) is 7. The van der Waals surface area contributed by atoms with Gasteiger partial charge in [0.1, 0.15) is 23.1 Å². The Bertz CT molecular complexity index is 1720. The summed E-state index contributed by atoms with van der Waals surface area (Å²) in [4.78, 5) is 45.1. The Labute approximate surface area is 198 Å². The zero-order valence-corrected chi connectivity index (χ0v) is 18.7. The topological polar surface area (TPSA) is 122 Å². The van der Waals surface area contributed by atoms with Gasteiger partial charge in [-0.3, -0.25) is 24.3 Å². The number of para-hydroxylation sites is 1. The molecule has 0 radical (unpaired) electrons. The fourth-order valence-corrected chi connectivity index (χ4v) is 5.07. The van der Waals surface area contributed by atoms with E-state index in [9.17, 15) is 9.59 Å². The van der Waals surface area contributed by atoms with Crippen molar-refractivity contribution in [2.24, 2.45) is 0 Å². The molecule has 5 heterocycles. The van der Waals surface area contributed by atoms with E-state index in [1.54, 1.807) is 41.3 Å². The van der Waals surface area contributed by atoms with E-state index < -0.39 is 0 Å². The lowest BCUT2D eigenvalue weighted by atomic mass is 10.1. The number of fused-ring (bicyclic) bond motifs is 5. The van der Waals surface area contributed by atoms with Gasteiger partial charge in [0.2, 0.25) is 0 Å². The molecule has 0 saturated carbocycles. The summed E-state index contributed by atoms with van der Waals surface area (Å²) in [5.74, 6) is 1.11. The van der Waals surface area contributed by atoms with Gasteiger partial charge in [-0.25, -0.2) is 15.0 Å². The molecule has 35 heavy (non-hydrogen) atoms. The molecular weight excluding hydrogens is 446 g/mol. The van der Waals surface area contributed by atoms with Gasteiger partial charge in [0, 0.05) is 43.2 Å². The van der Waals surface area contributed by atoms with E-state index in [0.717, 1.165) is 31.6 Å². The summed E-state index contributed by atoms with van der Waals surface area (Å²) in [5, 5.41) is 3.76. The first-order valence-electron chi connectivity index (χ1n) is 11.6. The second kappa shape index (κ2) is 7.60. The molecule has 2 atom stereocenters. The molecule has 174 valence electrons. The maximum Gasteiger partial charge on any atom is 0.275 e. The number of rotatable bonds is 1. The predicted molar refractivity (Wildman–Crippen MR) is 130 cm³/mol.